The maximum atomic E-state index is 10.8. The maximum Gasteiger partial charge on any atom is 0.160 e. The second-order valence-corrected chi connectivity index (χ2v) is 7.18. The largest absolute Gasteiger partial charge is 0.395 e. The van der Waals surface area contributed by atoms with E-state index in [1.165, 1.54) is 18.8 Å². The number of aldehydes is 1. The van der Waals surface area contributed by atoms with Crippen LogP contribution >= 0.6 is 34.0 Å². The summed E-state index contributed by atoms with van der Waals surface area (Å²) in [6, 6.07) is 4.12. The van der Waals surface area contributed by atoms with Crippen molar-refractivity contribution in [2.24, 2.45) is 0 Å². The molecule has 0 amide bonds. The van der Waals surface area contributed by atoms with Crippen LogP contribution in [0.15, 0.2) is 12.1 Å². The van der Waals surface area contributed by atoms with Gasteiger partial charge in [-0.15, -0.1) is 34.0 Å². The van der Waals surface area contributed by atoms with Gasteiger partial charge in [-0.25, -0.2) is 0 Å². The van der Waals surface area contributed by atoms with Crippen molar-refractivity contribution in [3.8, 4) is 0 Å². The zero-order valence-electron chi connectivity index (χ0n) is 9.67. The van der Waals surface area contributed by atoms with Crippen molar-refractivity contribution in [1.29, 1.82) is 0 Å². The van der Waals surface area contributed by atoms with Crippen molar-refractivity contribution in [3.63, 3.8) is 0 Å². The Balaban J connectivity index is 2.11. The minimum absolute atomic E-state index is 0.158. The van der Waals surface area contributed by atoms with Gasteiger partial charge in [0, 0.05) is 23.0 Å². The molecule has 0 aliphatic rings. The Hall–Kier alpha value is -0.950. The Morgan fingerprint density at radius 3 is 2.67 bits per heavy atom. The van der Waals surface area contributed by atoms with Crippen molar-refractivity contribution < 1.29 is 9.90 Å². The summed E-state index contributed by atoms with van der Waals surface area (Å²) in [6.07, 6.45) is 0.912. The predicted octanol–water partition coefficient (Wildman–Crippen LogP) is 3.42. The lowest BCUT2D eigenvalue weighted by Gasteiger charge is -2.14. The summed E-state index contributed by atoms with van der Waals surface area (Å²) in [5, 5.41) is 10.1. The number of likely N-dealkylation sites (N-methyl/N-ethyl adjacent to an activating group) is 1. The number of rotatable bonds is 4. The molecular formula is C12H11NO2S3. The van der Waals surface area contributed by atoms with E-state index in [1.807, 2.05) is 13.1 Å². The van der Waals surface area contributed by atoms with Crippen LogP contribution in [0, 0.1) is 0 Å². The highest BCUT2D eigenvalue weighted by atomic mass is 32.1. The fraction of sp³-hybridized carbons (Fsp3) is 0.250. The van der Waals surface area contributed by atoms with Crippen LogP contribution in [-0.2, 0) is 0 Å². The van der Waals surface area contributed by atoms with E-state index in [-0.39, 0.29) is 6.61 Å². The van der Waals surface area contributed by atoms with Crippen LogP contribution in [-0.4, -0.2) is 31.6 Å². The summed E-state index contributed by atoms with van der Waals surface area (Å²) in [4.78, 5) is 13.6. The molecule has 0 fully saturated rings. The van der Waals surface area contributed by atoms with Gasteiger partial charge in [0.25, 0.3) is 0 Å². The number of hydrogen-bond acceptors (Lipinski definition) is 6. The molecule has 6 heteroatoms. The monoisotopic (exact) mass is 297 g/mol. The predicted molar refractivity (Wildman–Crippen MR) is 80.8 cm³/mol. The van der Waals surface area contributed by atoms with E-state index >= 15 is 0 Å². The topological polar surface area (TPSA) is 40.5 Å². The molecule has 0 bridgehead atoms. The Morgan fingerprint density at radius 2 is 1.94 bits per heavy atom. The highest BCUT2D eigenvalue weighted by Gasteiger charge is 2.14. The summed E-state index contributed by atoms with van der Waals surface area (Å²) >= 11 is 5.01. The van der Waals surface area contributed by atoms with Gasteiger partial charge in [0.2, 0.25) is 0 Å². The van der Waals surface area contributed by atoms with Crippen LogP contribution in [0.3, 0.4) is 0 Å². The van der Waals surface area contributed by atoms with E-state index in [4.69, 9.17) is 5.11 Å². The summed E-state index contributed by atoms with van der Waals surface area (Å²) in [5.74, 6) is 0. The lowest BCUT2D eigenvalue weighted by atomic mass is 10.4. The van der Waals surface area contributed by atoms with Gasteiger partial charge in [0.05, 0.1) is 25.9 Å². The molecule has 0 unspecified atom stereocenters. The Morgan fingerprint density at radius 1 is 1.22 bits per heavy atom. The average molecular weight is 297 g/mol. The molecule has 3 heterocycles. The fourth-order valence-corrected chi connectivity index (χ4v) is 5.68. The lowest BCUT2D eigenvalue weighted by molar-refractivity contribution is 0.112. The first-order valence-corrected chi connectivity index (χ1v) is 7.91. The molecule has 0 aliphatic carbocycles. The minimum atomic E-state index is 0.158. The fourth-order valence-electron chi connectivity index (χ4n) is 1.85. The minimum Gasteiger partial charge on any atom is -0.395 e. The van der Waals surface area contributed by atoms with Crippen LogP contribution in [0.2, 0.25) is 0 Å². The summed E-state index contributed by atoms with van der Waals surface area (Å²) in [6.45, 7) is 0.798. The van der Waals surface area contributed by atoms with Gasteiger partial charge in [-0.05, 0) is 12.1 Å². The quantitative estimate of drug-likeness (QED) is 0.750. The molecule has 18 heavy (non-hydrogen) atoms. The molecule has 3 rings (SSSR count). The third-order valence-corrected chi connectivity index (χ3v) is 6.57. The van der Waals surface area contributed by atoms with E-state index in [1.54, 1.807) is 34.0 Å². The zero-order chi connectivity index (χ0) is 12.7. The molecular weight excluding hydrogens is 286 g/mol. The van der Waals surface area contributed by atoms with Gasteiger partial charge in [-0.1, -0.05) is 0 Å². The second-order valence-electron chi connectivity index (χ2n) is 3.99. The van der Waals surface area contributed by atoms with Gasteiger partial charge in [0.15, 0.2) is 6.29 Å². The number of nitrogens with zero attached hydrogens (tertiary/aromatic N) is 1. The molecule has 3 aromatic heterocycles. The van der Waals surface area contributed by atoms with Gasteiger partial charge in [-0.3, -0.25) is 4.79 Å². The number of carbonyl (C=O) groups is 1. The number of thiophene rings is 3. The number of carbonyl (C=O) groups excluding carboxylic acids is 1. The number of aliphatic hydroxyl groups is 1. The first kappa shape index (κ1) is 12.1. The van der Waals surface area contributed by atoms with Crippen molar-refractivity contribution in [3.05, 3.63) is 17.0 Å². The third kappa shape index (κ3) is 1.85. The Labute approximate surface area is 116 Å². The Kier molecular flexibility index (Phi) is 3.11. The smallest absolute Gasteiger partial charge is 0.160 e. The number of fused-ring (bicyclic) bond motifs is 3. The highest BCUT2D eigenvalue weighted by Crippen LogP contribution is 2.45. The van der Waals surface area contributed by atoms with E-state index in [0.717, 1.165) is 16.2 Å². The van der Waals surface area contributed by atoms with E-state index in [9.17, 15) is 4.79 Å². The molecule has 94 valence electrons. The van der Waals surface area contributed by atoms with E-state index < -0.39 is 0 Å². The van der Waals surface area contributed by atoms with Crippen LogP contribution in [0.1, 0.15) is 9.67 Å². The summed E-state index contributed by atoms with van der Waals surface area (Å²) < 4.78 is 4.93. The summed E-state index contributed by atoms with van der Waals surface area (Å²) in [7, 11) is 1.98. The normalized spacial score (nSPS) is 11.4. The number of hydrogen-bond donors (Lipinski definition) is 1. The standard InChI is InChI=1S/C12H11NO2S3/c1-13(2-3-14)10-5-9-12(18-10)11-8(17-9)4-7(6-15)16-11/h4-6,14H,2-3H2,1H3. The lowest BCUT2D eigenvalue weighted by Crippen LogP contribution is -2.19. The molecule has 3 nitrogen and oxygen atoms in total. The molecule has 3 aromatic rings. The van der Waals surface area contributed by atoms with Crippen molar-refractivity contribution in [1.82, 2.24) is 0 Å². The van der Waals surface area contributed by atoms with Crippen molar-refractivity contribution in [2.75, 3.05) is 25.1 Å². The molecule has 0 aliphatic heterocycles. The summed E-state index contributed by atoms with van der Waals surface area (Å²) in [5.41, 5.74) is 0. The van der Waals surface area contributed by atoms with E-state index in [0.29, 0.717) is 6.54 Å². The molecule has 1 N–H and O–H groups in total. The first-order chi connectivity index (χ1) is 8.72. The average Bonchev–Trinajstić information content (AvgIpc) is 2.97. The molecule has 0 spiro atoms. The molecule has 0 radical (unpaired) electrons. The SMILES string of the molecule is CN(CCO)c1cc2sc3cc(C=O)sc3c2s1. The van der Waals surface area contributed by atoms with Crippen LogP contribution in [0.4, 0.5) is 5.00 Å². The van der Waals surface area contributed by atoms with Crippen molar-refractivity contribution >= 4 is 64.1 Å². The number of aliphatic hydroxyl groups excluding tert-OH is 1. The molecule has 0 saturated heterocycles. The van der Waals surface area contributed by atoms with Crippen LogP contribution in [0.5, 0.6) is 0 Å². The molecule has 0 aromatic carbocycles. The van der Waals surface area contributed by atoms with Gasteiger partial charge in [0.1, 0.15) is 0 Å². The first-order valence-electron chi connectivity index (χ1n) is 5.46. The highest BCUT2D eigenvalue weighted by molar-refractivity contribution is 7.39. The van der Waals surface area contributed by atoms with Gasteiger partial charge < -0.3 is 10.0 Å². The van der Waals surface area contributed by atoms with Gasteiger partial charge in [-0.2, -0.15) is 0 Å². The van der Waals surface area contributed by atoms with E-state index in [2.05, 4.69) is 11.0 Å². The molecule has 0 saturated carbocycles. The van der Waals surface area contributed by atoms with Crippen molar-refractivity contribution in [2.45, 2.75) is 0 Å². The molecule has 0 atom stereocenters. The zero-order valence-corrected chi connectivity index (χ0v) is 12.1. The van der Waals surface area contributed by atoms with Crippen LogP contribution < -0.4 is 4.90 Å². The van der Waals surface area contributed by atoms with Gasteiger partial charge >= 0.3 is 0 Å². The maximum absolute atomic E-state index is 10.8. The second kappa shape index (κ2) is 4.62. The van der Waals surface area contributed by atoms with Crippen LogP contribution in [0.25, 0.3) is 18.8 Å². The third-order valence-electron chi connectivity index (χ3n) is 2.76. The Bertz CT molecular complexity index is 709. The number of anilines is 1.